The topological polar surface area (TPSA) is 15.8 Å². The van der Waals surface area contributed by atoms with Crippen molar-refractivity contribution in [2.45, 2.75) is 19.8 Å². The van der Waals surface area contributed by atoms with Crippen LogP contribution < -0.4 is 0 Å². The number of hydrogen-bond acceptors (Lipinski definition) is 0. The second-order valence-corrected chi connectivity index (χ2v) is 3.39. The van der Waals surface area contributed by atoms with E-state index < -0.39 is 0 Å². The van der Waals surface area contributed by atoms with E-state index in [2.05, 4.69) is 19.9 Å². The van der Waals surface area contributed by atoms with Crippen LogP contribution in [0.1, 0.15) is 25.3 Å². The number of hydrogen-bond donors (Lipinski definition) is 1. The van der Waals surface area contributed by atoms with E-state index >= 15 is 0 Å². The van der Waals surface area contributed by atoms with Crippen molar-refractivity contribution in [1.29, 1.82) is 0 Å². The molecule has 2 rings (SSSR count). The van der Waals surface area contributed by atoms with Gasteiger partial charge in [-0.05, 0) is 17.5 Å². The predicted molar refractivity (Wildman–Crippen MR) is 52.4 cm³/mol. The van der Waals surface area contributed by atoms with Crippen molar-refractivity contribution in [2.24, 2.45) is 0 Å². The van der Waals surface area contributed by atoms with E-state index in [1.165, 1.54) is 15.9 Å². The van der Waals surface area contributed by atoms with Crippen LogP contribution in [0.4, 0.5) is 0 Å². The summed E-state index contributed by atoms with van der Waals surface area (Å²) in [5.74, 6) is 0.483. The summed E-state index contributed by atoms with van der Waals surface area (Å²) >= 11 is 0. The highest BCUT2D eigenvalue weighted by Crippen LogP contribution is 2.24. The summed E-state index contributed by atoms with van der Waals surface area (Å²) in [5.41, 5.74) is 2.25. The molecule has 0 fully saturated rings. The van der Waals surface area contributed by atoms with E-state index in [9.17, 15) is 0 Å². The lowest BCUT2D eigenvalue weighted by atomic mass is 10.0. The second-order valence-electron chi connectivity index (χ2n) is 3.39. The average Bonchev–Trinajstić information content (AvgIpc) is 2.45. The van der Waals surface area contributed by atoms with Crippen molar-refractivity contribution in [3.8, 4) is 0 Å². The highest BCUT2D eigenvalue weighted by Gasteiger charge is 2.04. The Hall–Kier alpha value is -1.24. The van der Waals surface area contributed by atoms with Gasteiger partial charge in [-0.25, -0.2) is 0 Å². The number of rotatable bonds is 1. The molecule has 2 aromatic rings. The molecule has 0 atom stereocenters. The molecule has 1 aromatic carbocycles. The van der Waals surface area contributed by atoms with Gasteiger partial charge in [-0.2, -0.15) is 0 Å². The minimum absolute atomic E-state index is 0.483. The molecular formula is C11H13N. The number of H-pyrrole nitrogens is 1. The van der Waals surface area contributed by atoms with Crippen LogP contribution in [-0.4, -0.2) is 4.98 Å². The number of para-hydroxylation sites is 1. The van der Waals surface area contributed by atoms with Gasteiger partial charge in [-0.1, -0.05) is 32.0 Å². The van der Waals surface area contributed by atoms with Gasteiger partial charge >= 0.3 is 0 Å². The molecule has 0 aliphatic heterocycles. The third-order valence-electron chi connectivity index (χ3n) is 2.18. The lowest BCUT2D eigenvalue weighted by Crippen LogP contribution is -1.82. The molecule has 62 valence electrons. The van der Waals surface area contributed by atoms with Gasteiger partial charge in [0.1, 0.15) is 0 Å². The van der Waals surface area contributed by atoms with Crippen LogP contribution in [0, 0.1) is 0 Å². The largest absolute Gasteiger partial charge is 0.361 e. The zero-order valence-corrected chi connectivity index (χ0v) is 7.41. The van der Waals surface area contributed by atoms with Crippen molar-refractivity contribution in [3.63, 3.8) is 0 Å². The molecule has 1 N–H and O–H groups in total. The van der Waals surface area contributed by atoms with E-state index in [4.69, 9.17) is 1.41 Å². The molecule has 0 aliphatic carbocycles. The Morgan fingerprint density at radius 2 is 2.08 bits per heavy atom. The lowest BCUT2D eigenvalue weighted by Gasteiger charge is -2.00. The fourth-order valence-electron chi connectivity index (χ4n) is 1.50. The summed E-state index contributed by atoms with van der Waals surface area (Å²) in [6.07, 6.45) is 1.90. The zero-order valence-electron chi connectivity index (χ0n) is 8.41. The Labute approximate surface area is 73.9 Å². The minimum Gasteiger partial charge on any atom is -0.361 e. The van der Waals surface area contributed by atoms with Crippen LogP contribution in [0.25, 0.3) is 10.9 Å². The Morgan fingerprint density at radius 1 is 1.33 bits per heavy atom. The molecular weight excluding hydrogens is 146 g/mol. The predicted octanol–water partition coefficient (Wildman–Crippen LogP) is 3.29. The van der Waals surface area contributed by atoms with Gasteiger partial charge in [0.2, 0.25) is 0 Å². The first-order chi connectivity index (χ1) is 6.20. The molecule has 0 unspecified atom stereocenters. The van der Waals surface area contributed by atoms with Gasteiger partial charge in [-0.3, -0.25) is 0 Å². The zero-order chi connectivity index (χ0) is 9.42. The smallest absolute Gasteiger partial charge is 0.166 e. The summed E-state index contributed by atoms with van der Waals surface area (Å²) < 4.78 is 7.69. The summed E-state index contributed by atoms with van der Waals surface area (Å²) in [5, 5.41) is 1.20. The first-order valence-electron chi connectivity index (χ1n) is 4.74. The fourth-order valence-corrected chi connectivity index (χ4v) is 1.50. The van der Waals surface area contributed by atoms with Gasteiger partial charge in [0.25, 0.3) is 0 Å². The van der Waals surface area contributed by atoms with E-state index in [0.717, 1.165) is 5.52 Å². The van der Waals surface area contributed by atoms with Gasteiger partial charge in [0.05, 0.1) is 0 Å². The van der Waals surface area contributed by atoms with Crippen LogP contribution in [0.3, 0.4) is 0 Å². The van der Waals surface area contributed by atoms with Gasteiger partial charge in [0.15, 0.2) is 1.41 Å². The average molecular weight is 160 g/mol. The Balaban J connectivity index is 2.78. The summed E-state index contributed by atoms with van der Waals surface area (Å²) in [6, 6.07) is 8.05. The van der Waals surface area contributed by atoms with Gasteiger partial charge in [-0.15, -0.1) is 0 Å². The Morgan fingerprint density at radius 3 is 2.83 bits per heavy atom. The van der Waals surface area contributed by atoms with Crippen molar-refractivity contribution in [2.75, 3.05) is 0 Å². The number of aromatic nitrogens is 1. The second kappa shape index (κ2) is 2.67. The molecule has 1 heterocycles. The number of aromatic amines is 1. The van der Waals surface area contributed by atoms with Crippen molar-refractivity contribution in [3.05, 3.63) is 36.0 Å². The van der Waals surface area contributed by atoms with Gasteiger partial charge < -0.3 is 4.98 Å². The molecule has 1 nitrogen and oxygen atoms in total. The highest BCUT2D eigenvalue weighted by atomic mass is 14.7. The Bertz CT molecular complexity index is 429. The maximum Gasteiger partial charge on any atom is 0.166 e. The van der Waals surface area contributed by atoms with Crippen molar-refractivity contribution in [1.82, 2.24) is 4.98 Å². The number of nitrogens with one attached hydrogen (secondary N) is 1. The molecule has 0 aliphatic rings. The van der Waals surface area contributed by atoms with E-state index in [1.54, 1.807) is 0 Å². The maximum absolute atomic E-state index is 7.69. The molecule has 1 aromatic heterocycles. The molecule has 0 saturated heterocycles. The minimum atomic E-state index is 0.483. The summed E-state index contributed by atoms with van der Waals surface area (Å²) in [4.78, 5) is 1.45. The first kappa shape index (κ1) is 6.30. The third-order valence-corrected chi connectivity index (χ3v) is 2.18. The van der Waals surface area contributed by atoms with Crippen molar-refractivity contribution >= 4 is 10.9 Å². The molecule has 0 amide bonds. The first-order valence-corrected chi connectivity index (χ1v) is 4.29. The van der Waals surface area contributed by atoms with Gasteiger partial charge in [0, 0.05) is 17.1 Å². The van der Waals surface area contributed by atoms with Crippen LogP contribution in [0.2, 0.25) is 1.41 Å². The number of benzene rings is 1. The third kappa shape index (κ3) is 1.02. The molecule has 0 bridgehead atoms. The fraction of sp³-hybridized carbons (Fsp3) is 0.273. The number of fused-ring (bicyclic) bond motifs is 1. The SMILES string of the molecule is [2H]n1cc(C(C)C)c2ccccc21. The molecule has 0 spiro atoms. The monoisotopic (exact) mass is 160 g/mol. The van der Waals surface area contributed by atoms with Crippen LogP contribution >= 0.6 is 0 Å². The van der Waals surface area contributed by atoms with E-state index in [-0.39, 0.29) is 0 Å². The van der Waals surface area contributed by atoms with E-state index in [1.807, 2.05) is 24.4 Å². The normalized spacial score (nSPS) is 12.4. The standard InChI is InChI=1S/C11H13N/c1-8(2)10-7-12-11-6-4-3-5-9(10)11/h3-8,12H,1-2H3/i/hD. The van der Waals surface area contributed by atoms with Crippen LogP contribution in [0.15, 0.2) is 30.5 Å². The molecule has 0 saturated carbocycles. The highest BCUT2D eigenvalue weighted by molar-refractivity contribution is 5.83. The van der Waals surface area contributed by atoms with E-state index in [0.29, 0.717) is 5.92 Å². The summed E-state index contributed by atoms with van der Waals surface area (Å²) in [7, 11) is 0. The van der Waals surface area contributed by atoms with Crippen molar-refractivity contribution < 1.29 is 1.41 Å². The molecule has 0 radical (unpaired) electrons. The maximum atomic E-state index is 7.69. The molecule has 1 heteroatoms. The quantitative estimate of drug-likeness (QED) is 0.658. The van der Waals surface area contributed by atoms with Crippen LogP contribution in [-0.2, 0) is 0 Å². The molecule has 12 heavy (non-hydrogen) atoms. The lowest BCUT2D eigenvalue weighted by molar-refractivity contribution is 0.875. The Kier molecular flexibility index (Phi) is 1.40. The summed E-state index contributed by atoms with van der Waals surface area (Å²) in [6.45, 7) is 4.31. The van der Waals surface area contributed by atoms with Crippen LogP contribution in [0.5, 0.6) is 0 Å².